The lowest BCUT2D eigenvalue weighted by molar-refractivity contribution is 0.204. The molecule has 0 unspecified atom stereocenters. The number of aliphatic imine (C=N–C) groups is 2. The first kappa shape index (κ1) is 27.0. The van der Waals surface area contributed by atoms with Crippen LogP contribution in [0.2, 0.25) is 0 Å². The van der Waals surface area contributed by atoms with Crippen LogP contribution in [0.4, 0.5) is 10.1 Å². The summed E-state index contributed by atoms with van der Waals surface area (Å²) in [5, 5.41) is 29.6. The maximum Gasteiger partial charge on any atom is 0.234 e. The number of sulfonamides is 1. The maximum absolute atomic E-state index is 13.4. The molecule has 2 rings (SSSR count). The fraction of sp³-hybridized carbons (Fsp3) is 0.412. The van der Waals surface area contributed by atoms with Crippen LogP contribution in [0.3, 0.4) is 0 Å². The highest BCUT2D eigenvalue weighted by atomic mass is 79.9. The number of benzene rings is 1. The van der Waals surface area contributed by atoms with E-state index in [2.05, 4.69) is 46.3 Å². The van der Waals surface area contributed by atoms with Gasteiger partial charge in [0.1, 0.15) is 5.82 Å². The van der Waals surface area contributed by atoms with E-state index in [0.29, 0.717) is 16.5 Å². The molecule has 1 atom stereocenters. The van der Waals surface area contributed by atoms with Crippen LogP contribution in [0.1, 0.15) is 19.5 Å². The van der Waals surface area contributed by atoms with Gasteiger partial charge < -0.3 is 10.4 Å². The van der Waals surface area contributed by atoms with Gasteiger partial charge in [0.2, 0.25) is 16.0 Å². The Morgan fingerprint density at radius 1 is 1.39 bits per heavy atom. The highest BCUT2D eigenvalue weighted by Gasteiger charge is 2.18. The molecule has 0 spiro atoms. The molecule has 0 aliphatic heterocycles. The molecule has 0 amide bonds. The molecule has 5 N–H and O–H groups in total. The number of hydrogen-bond acceptors (Lipinski definition) is 10. The molecular weight excluding hydrogens is 545 g/mol. The Balaban J connectivity index is 2.05. The van der Waals surface area contributed by atoms with Gasteiger partial charge in [0.15, 0.2) is 16.6 Å². The minimum atomic E-state index is -3.55. The molecule has 0 aliphatic rings. The molecule has 0 saturated carbocycles. The maximum atomic E-state index is 13.4. The second-order valence-corrected chi connectivity index (χ2v) is 10.4. The Hall–Kier alpha value is -2.27. The minimum absolute atomic E-state index is 0.0121. The summed E-state index contributed by atoms with van der Waals surface area (Å²) >= 11 is 4.26. The van der Waals surface area contributed by atoms with Crippen LogP contribution >= 0.6 is 27.7 Å². The van der Waals surface area contributed by atoms with Crippen LogP contribution in [-0.4, -0.2) is 71.5 Å². The smallest absolute Gasteiger partial charge is 0.234 e. The van der Waals surface area contributed by atoms with Crippen LogP contribution in [0.25, 0.3) is 0 Å². The van der Waals surface area contributed by atoms with Gasteiger partial charge >= 0.3 is 0 Å². The number of amidine groups is 1. The molecule has 0 aliphatic carbocycles. The monoisotopic (exact) mass is 567 g/mol. The van der Waals surface area contributed by atoms with E-state index in [9.17, 15) is 23.1 Å². The van der Waals surface area contributed by atoms with Crippen molar-refractivity contribution in [3.8, 4) is 0 Å². The molecule has 2 aromatic rings. The fourth-order valence-electron chi connectivity index (χ4n) is 2.12. The Morgan fingerprint density at radius 3 is 2.79 bits per heavy atom. The zero-order valence-corrected chi connectivity index (χ0v) is 20.8. The van der Waals surface area contributed by atoms with Gasteiger partial charge in [-0.25, -0.2) is 27.4 Å². The number of nitrogens with zero attached hydrogens (tertiary/aromatic N) is 4. The van der Waals surface area contributed by atoms with Crippen molar-refractivity contribution < 1.29 is 27.8 Å². The van der Waals surface area contributed by atoms with E-state index in [1.54, 1.807) is 0 Å². The van der Waals surface area contributed by atoms with E-state index in [1.807, 2.05) is 5.48 Å². The average Bonchev–Trinajstić information content (AvgIpc) is 3.23. The number of hydroxylamine groups is 1. The molecule has 1 aromatic heterocycles. The normalized spacial score (nSPS) is 13.6. The largest absolute Gasteiger partial charge is 0.391 e. The molecule has 0 bridgehead atoms. The van der Waals surface area contributed by atoms with E-state index >= 15 is 0 Å². The van der Waals surface area contributed by atoms with Gasteiger partial charge in [0.05, 0.1) is 28.6 Å². The van der Waals surface area contributed by atoms with Crippen molar-refractivity contribution in [1.29, 1.82) is 0 Å². The van der Waals surface area contributed by atoms with Gasteiger partial charge in [-0.2, -0.15) is 0 Å². The van der Waals surface area contributed by atoms with Crippen LogP contribution in [0.15, 0.2) is 42.3 Å². The summed E-state index contributed by atoms with van der Waals surface area (Å²) in [5.74, 6) is -0.273. The summed E-state index contributed by atoms with van der Waals surface area (Å²) in [6, 6.07) is 4.04. The van der Waals surface area contributed by atoms with Crippen molar-refractivity contribution in [2.45, 2.75) is 25.0 Å². The predicted octanol–water partition coefficient (Wildman–Crippen LogP) is 1.39. The third kappa shape index (κ3) is 8.88. The number of aliphatic hydroxyl groups is 1. The van der Waals surface area contributed by atoms with E-state index in [4.69, 9.17) is 4.63 Å². The fourth-order valence-corrected chi connectivity index (χ4v) is 3.82. The number of nitrogens with one attached hydrogen (secondary N) is 3. The Morgan fingerprint density at radius 2 is 2.15 bits per heavy atom. The molecule has 16 heteroatoms. The number of rotatable bonds is 10. The molecule has 1 aromatic carbocycles. The molecule has 0 saturated heterocycles. The summed E-state index contributed by atoms with van der Waals surface area (Å²) < 4.78 is 44.3. The first-order valence-corrected chi connectivity index (χ1v) is 12.9. The van der Waals surface area contributed by atoms with Crippen LogP contribution in [0.5, 0.6) is 0 Å². The number of aliphatic hydroxyl groups excluding tert-OH is 1. The highest BCUT2D eigenvalue weighted by Crippen LogP contribution is 2.24. The van der Waals surface area contributed by atoms with Crippen molar-refractivity contribution in [2.75, 3.05) is 24.6 Å². The summed E-state index contributed by atoms with van der Waals surface area (Å²) in [6.07, 6.45) is -0.739. The second kappa shape index (κ2) is 12.8. The molecule has 1 heterocycles. The molecule has 0 radical (unpaired) electrons. The first-order valence-electron chi connectivity index (χ1n) is 9.51. The third-order valence-corrected chi connectivity index (χ3v) is 6.53. The number of hydrogen-bond donors (Lipinski definition) is 5. The number of aromatic nitrogens is 2. The topological polar surface area (TPSA) is 174 Å². The number of halogens is 2. The van der Waals surface area contributed by atoms with Crippen LogP contribution in [-0.2, 0) is 10.0 Å². The van der Waals surface area contributed by atoms with Crippen LogP contribution in [0, 0.1) is 5.82 Å². The Bertz CT molecular complexity index is 1100. The minimum Gasteiger partial charge on any atom is -0.391 e. The van der Waals surface area contributed by atoms with Crippen molar-refractivity contribution in [1.82, 2.24) is 25.8 Å². The van der Waals surface area contributed by atoms with E-state index in [-0.39, 0.29) is 40.8 Å². The van der Waals surface area contributed by atoms with Crippen molar-refractivity contribution in [3.63, 3.8) is 0 Å². The van der Waals surface area contributed by atoms with Crippen molar-refractivity contribution in [2.24, 2.45) is 9.98 Å². The van der Waals surface area contributed by atoms with Crippen molar-refractivity contribution in [3.05, 3.63) is 34.2 Å². The molecule has 182 valence electrons. The predicted molar refractivity (Wildman–Crippen MR) is 125 cm³/mol. The molecule has 33 heavy (non-hydrogen) atoms. The second-order valence-electron chi connectivity index (χ2n) is 6.41. The third-order valence-electron chi connectivity index (χ3n) is 3.71. The zero-order chi connectivity index (χ0) is 24.4. The molecule has 0 fully saturated rings. The van der Waals surface area contributed by atoms with Gasteiger partial charge in [0, 0.05) is 12.3 Å². The Kier molecular flexibility index (Phi) is 10.5. The lowest BCUT2D eigenvalue weighted by Gasteiger charge is -2.12. The van der Waals surface area contributed by atoms with Gasteiger partial charge in [-0.05, 0) is 58.3 Å². The summed E-state index contributed by atoms with van der Waals surface area (Å²) in [5.41, 5.74) is 2.38. The van der Waals surface area contributed by atoms with Gasteiger partial charge in [0.25, 0.3) is 0 Å². The standard InChI is InChI=1S/C17H23BrFN7O5S2/c1-3-33(29,30)26-17(21-9-10(2)27)20-6-7-32-16-14(24-31-25-16)15(23-28)22-11-4-5-13(19)12(18)8-11/h4-5,8,10,27-28H,3,6-7,9H2,1-2H3,(H,22,23)(H2,20,21,26)/t10-/m0/s1. The number of guanidine groups is 1. The van der Waals surface area contributed by atoms with Crippen molar-refractivity contribution >= 4 is 55.2 Å². The van der Waals surface area contributed by atoms with E-state index < -0.39 is 21.9 Å². The quantitative estimate of drug-likeness (QED) is 0.0926. The average molecular weight is 568 g/mol. The number of thioether (sulfide) groups is 1. The van der Waals surface area contributed by atoms with Gasteiger partial charge in [-0.1, -0.05) is 11.8 Å². The molecule has 12 nitrogen and oxygen atoms in total. The summed E-state index contributed by atoms with van der Waals surface area (Å²) in [7, 11) is -3.55. The lowest BCUT2D eigenvalue weighted by atomic mass is 10.3. The van der Waals surface area contributed by atoms with Crippen LogP contribution < -0.4 is 15.5 Å². The van der Waals surface area contributed by atoms with E-state index in [0.717, 1.165) is 0 Å². The summed E-state index contributed by atoms with van der Waals surface area (Å²) in [4.78, 5) is 8.20. The van der Waals surface area contributed by atoms with Gasteiger partial charge in [-0.15, -0.1) is 0 Å². The van der Waals surface area contributed by atoms with Gasteiger partial charge in [-0.3, -0.25) is 15.4 Å². The summed E-state index contributed by atoms with van der Waals surface area (Å²) in [6.45, 7) is 3.30. The first-order chi connectivity index (χ1) is 15.6. The SMILES string of the molecule is CCS(=O)(=O)NC(=NC[C@H](C)O)NCCSc1nonc1C(=Nc1ccc(F)c(Br)c1)NO. The van der Waals surface area contributed by atoms with E-state index in [1.165, 1.54) is 43.8 Å². The molecular formula is C17H23BrFN7O5S2. The Labute approximate surface area is 202 Å². The highest BCUT2D eigenvalue weighted by molar-refractivity contribution is 9.10. The lowest BCUT2D eigenvalue weighted by Crippen LogP contribution is -2.43. The zero-order valence-electron chi connectivity index (χ0n) is 17.6.